The zero-order valence-electron chi connectivity index (χ0n) is 12.9. The highest BCUT2D eigenvalue weighted by Gasteiger charge is 2.35. The third-order valence-corrected chi connectivity index (χ3v) is 4.93. The van der Waals surface area contributed by atoms with Gasteiger partial charge in [0.25, 0.3) is 0 Å². The molecule has 6 heteroatoms. The van der Waals surface area contributed by atoms with E-state index >= 15 is 0 Å². The van der Waals surface area contributed by atoms with Crippen LogP contribution in [0.25, 0.3) is 0 Å². The number of terminal acetylenes is 1. The molecule has 0 amide bonds. The van der Waals surface area contributed by atoms with Crippen LogP contribution in [0.5, 0.6) is 0 Å². The molecule has 1 aliphatic rings. The molecule has 0 aromatic carbocycles. The van der Waals surface area contributed by atoms with E-state index in [1.54, 1.807) is 6.92 Å². The Kier molecular flexibility index (Phi) is 5.92. The Balaban J connectivity index is 2.54. The van der Waals surface area contributed by atoms with E-state index in [9.17, 15) is 10.1 Å². The molecule has 0 radical (unpaired) electrons. The molecule has 1 aromatic heterocycles. The first-order valence-corrected chi connectivity index (χ1v) is 8.89. The molecule has 1 unspecified atom stereocenters. The fourth-order valence-corrected chi connectivity index (χ4v) is 3.77. The zero-order valence-corrected chi connectivity index (χ0v) is 14.5. The topological polar surface area (TPSA) is 62.1 Å². The molecule has 4 nitrogen and oxygen atoms in total. The SMILES string of the molecule is C#CSCC1=C(C#N)C(c2cccs2)C(C(=O)OCC)=C(C)N1. The minimum atomic E-state index is -0.409. The number of hydrogen-bond acceptors (Lipinski definition) is 6. The molecule has 2 heterocycles. The van der Waals surface area contributed by atoms with Gasteiger partial charge >= 0.3 is 5.97 Å². The van der Waals surface area contributed by atoms with Crippen LogP contribution < -0.4 is 5.32 Å². The Bertz CT molecular complexity index is 734. The van der Waals surface area contributed by atoms with E-state index in [0.29, 0.717) is 22.6 Å². The first-order chi connectivity index (χ1) is 11.1. The summed E-state index contributed by atoms with van der Waals surface area (Å²) in [7, 11) is 0. The largest absolute Gasteiger partial charge is 0.463 e. The molecule has 2 rings (SSSR count). The minimum absolute atomic E-state index is 0.290. The van der Waals surface area contributed by atoms with E-state index in [0.717, 1.165) is 10.6 Å². The second kappa shape index (κ2) is 7.92. The fraction of sp³-hybridized carbons (Fsp3) is 0.294. The number of rotatable bonds is 5. The lowest BCUT2D eigenvalue weighted by Crippen LogP contribution is -2.30. The smallest absolute Gasteiger partial charge is 0.336 e. The Morgan fingerprint density at radius 3 is 2.96 bits per heavy atom. The molecular formula is C17H16N2O2S2. The van der Waals surface area contributed by atoms with Gasteiger partial charge in [0.2, 0.25) is 0 Å². The van der Waals surface area contributed by atoms with Crippen molar-refractivity contribution in [2.75, 3.05) is 12.4 Å². The van der Waals surface area contributed by atoms with Crippen molar-refractivity contribution < 1.29 is 9.53 Å². The number of esters is 1. The van der Waals surface area contributed by atoms with Gasteiger partial charge in [0.1, 0.15) is 0 Å². The quantitative estimate of drug-likeness (QED) is 0.655. The van der Waals surface area contributed by atoms with Crippen LogP contribution in [0.1, 0.15) is 24.6 Å². The first kappa shape index (κ1) is 17.2. The lowest BCUT2D eigenvalue weighted by atomic mass is 9.85. The lowest BCUT2D eigenvalue weighted by molar-refractivity contribution is -0.138. The number of hydrogen-bond donors (Lipinski definition) is 1. The molecular weight excluding hydrogens is 328 g/mol. The number of nitrogens with one attached hydrogen (secondary N) is 1. The van der Waals surface area contributed by atoms with Crippen LogP contribution in [0.2, 0.25) is 0 Å². The Labute approximate surface area is 144 Å². The van der Waals surface area contributed by atoms with Gasteiger partial charge in [-0.3, -0.25) is 0 Å². The molecule has 0 saturated carbocycles. The Morgan fingerprint density at radius 1 is 1.61 bits per heavy atom. The maximum absolute atomic E-state index is 12.4. The molecule has 1 aliphatic heterocycles. The van der Waals surface area contributed by atoms with Crippen molar-refractivity contribution in [3.8, 4) is 17.7 Å². The van der Waals surface area contributed by atoms with Crippen molar-refractivity contribution in [3.63, 3.8) is 0 Å². The van der Waals surface area contributed by atoms with Gasteiger partial charge in [-0.05, 0) is 30.5 Å². The van der Waals surface area contributed by atoms with Crippen molar-refractivity contribution in [2.45, 2.75) is 19.8 Å². The zero-order chi connectivity index (χ0) is 16.8. The van der Waals surface area contributed by atoms with E-state index in [4.69, 9.17) is 11.2 Å². The molecule has 0 fully saturated rings. The highest BCUT2D eigenvalue weighted by Crippen LogP contribution is 2.40. The monoisotopic (exact) mass is 344 g/mol. The summed E-state index contributed by atoms with van der Waals surface area (Å²) in [6.45, 7) is 3.87. The third-order valence-electron chi connectivity index (χ3n) is 3.39. The van der Waals surface area contributed by atoms with E-state index in [-0.39, 0.29) is 6.61 Å². The number of carbonyl (C=O) groups excluding carboxylic acids is 1. The summed E-state index contributed by atoms with van der Waals surface area (Å²) < 4.78 is 5.19. The number of nitriles is 1. The minimum Gasteiger partial charge on any atom is -0.463 e. The predicted molar refractivity (Wildman–Crippen MR) is 93.5 cm³/mol. The number of ether oxygens (including phenoxy) is 1. The highest BCUT2D eigenvalue weighted by atomic mass is 32.2. The van der Waals surface area contributed by atoms with E-state index < -0.39 is 11.9 Å². The van der Waals surface area contributed by atoms with Gasteiger partial charge in [0.05, 0.1) is 29.7 Å². The second-order valence-corrected chi connectivity index (χ2v) is 6.54. The normalized spacial score (nSPS) is 17.3. The van der Waals surface area contributed by atoms with Gasteiger partial charge in [0, 0.05) is 22.0 Å². The number of allylic oxidation sites excluding steroid dienone is 2. The molecule has 118 valence electrons. The summed E-state index contributed by atoms with van der Waals surface area (Å²) in [5.74, 6) is -0.310. The van der Waals surface area contributed by atoms with Crippen LogP contribution in [0.4, 0.5) is 0 Å². The molecule has 1 atom stereocenters. The van der Waals surface area contributed by atoms with Gasteiger partial charge in [0.15, 0.2) is 0 Å². The summed E-state index contributed by atoms with van der Waals surface area (Å²) >= 11 is 2.79. The number of dihydropyridines is 1. The molecule has 0 aliphatic carbocycles. The Morgan fingerprint density at radius 2 is 2.39 bits per heavy atom. The average molecular weight is 344 g/mol. The van der Waals surface area contributed by atoms with Crippen LogP contribution in [-0.4, -0.2) is 18.3 Å². The summed E-state index contributed by atoms with van der Waals surface area (Å²) in [5.41, 5.74) is 2.46. The number of nitrogens with zero attached hydrogens (tertiary/aromatic N) is 1. The van der Waals surface area contributed by atoms with Gasteiger partial charge in [-0.2, -0.15) is 5.26 Å². The summed E-state index contributed by atoms with van der Waals surface area (Å²) in [5, 5.41) is 17.3. The van der Waals surface area contributed by atoms with Crippen molar-refractivity contribution in [1.82, 2.24) is 5.32 Å². The van der Waals surface area contributed by atoms with Crippen molar-refractivity contribution >= 4 is 29.1 Å². The van der Waals surface area contributed by atoms with Crippen LogP contribution in [0.3, 0.4) is 0 Å². The van der Waals surface area contributed by atoms with E-state index in [2.05, 4.69) is 16.6 Å². The molecule has 0 bridgehead atoms. The van der Waals surface area contributed by atoms with Crippen LogP contribution in [0.15, 0.2) is 40.1 Å². The number of thioether (sulfide) groups is 1. The lowest BCUT2D eigenvalue weighted by Gasteiger charge is -2.28. The second-order valence-electron chi connectivity index (χ2n) is 4.74. The highest BCUT2D eigenvalue weighted by molar-refractivity contribution is 8.04. The van der Waals surface area contributed by atoms with Gasteiger partial charge in [-0.25, -0.2) is 4.79 Å². The fourth-order valence-electron chi connectivity index (χ4n) is 2.48. The van der Waals surface area contributed by atoms with Gasteiger partial charge in [-0.15, -0.1) is 17.8 Å². The Hall–Kier alpha value is -2.15. The molecule has 0 spiro atoms. The van der Waals surface area contributed by atoms with Gasteiger partial charge < -0.3 is 10.1 Å². The predicted octanol–water partition coefficient (Wildman–Crippen LogP) is 3.37. The van der Waals surface area contributed by atoms with Crippen LogP contribution in [-0.2, 0) is 9.53 Å². The van der Waals surface area contributed by atoms with Gasteiger partial charge in [-0.1, -0.05) is 17.8 Å². The van der Waals surface area contributed by atoms with Crippen molar-refractivity contribution in [2.24, 2.45) is 0 Å². The summed E-state index contributed by atoms with van der Waals surface area (Å²) in [4.78, 5) is 13.3. The van der Waals surface area contributed by atoms with Crippen molar-refractivity contribution in [1.29, 1.82) is 5.26 Å². The summed E-state index contributed by atoms with van der Waals surface area (Å²) in [6, 6.07) is 6.08. The molecule has 1 aromatic rings. The number of carbonyl (C=O) groups is 1. The first-order valence-electron chi connectivity index (χ1n) is 7.02. The summed E-state index contributed by atoms with van der Waals surface area (Å²) in [6.07, 6.45) is 5.31. The molecule has 1 N–H and O–H groups in total. The maximum atomic E-state index is 12.4. The van der Waals surface area contributed by atoms with Crippen molar-refractivity contribution in [3.05, 3.63) is 44.9 Å². The standard InChI is InChI=1S/C17H16N2O2S2/c1-4-21-17(20)15-11(3)19-13(10-22-5-2)12(9-18)16(15)14-7-6-8-23-14/h2,6-8,16,19H,4,10H2,1,3H3. The molecule has 0 saturated heterocycles. The van der Waals surface area contributed by atoms with E-state index in [1.807, 2.05) is 24.4 Å². The molecule has 23 heavy (non-hydrogen) atoms. The number of thiophene rings is 1. The maximum Gasteiger partial charge on any atom is 0.336 e. The third kappa shape index (κ3) is 3.61. The van der Waals surface area contributed by atoms with Crippen LogP contribution >= 0.6 is 23.1 Å². The van der Waals surface area contributed by atoms with Crippen LogP contribution in [0, 0.1) is 23.0 Å². The van der Waals surface area contributed by atoms with E-state index in [1.165, 1.54) is 23.1 Å². The average Bonchev–Trinajstić information content (AvgIpc) is 3.06.